The Kier molecular flexibility index (Phi) is 6.23. The van der Waals surface area contributed by atoms with Crippen LogP contribution in [0.1, 0.15) is 19.3 Å². The Morgan fingerprint density at radius 1 is 1.11 bits per heavy atom. The second-order valence-electron chi connectivity index (χ2n) is 4.14. The van der Waals surface area contributed by atoms with Crippen molar-refractivity contribution in [3.8, 4) is 0 Å². The molecule has 0 radical (unpaired) electrons. The molecule has 1 fully saturated rings. The van der Waals surface area contributed by atoms with Gasteiger partial charge in [0.1, 0.15) is 12.6 Å². The lowest BCUT2D eigenvalue weighted by Crippen LogP contribution is -2.32. The Morgan fingerprint density at radius 2 is 1.74 bits per heavy atom. The summed E-state index contributed by atoms with van der Waals surface area (Å²) in [4.78, 5) is 32.1. The second-order valence-corrected chi connectivity index (χ2v) is 4.14. The normalized spacial score (nSPS) is 22.1. The van der Waals surface area contributed by atoms with Crippen LogP contribution in [0.2, 0.25) is 0 Å². The van der Waals surface area contributed by atoms with E-state index in [1.54, 1.807) is 0 Å². The van der Waals surface area contributed by atoms with Crippen LogP contribution in [0.5, 0.6) is 0 Å². The average molecular weight is 275 g/mol. The van der Waals surface area contributed by atoms with E-state index in [9.17, 15) is 14.4 Å². The van der Waals surface area contributed by atoms with Gasteiger partial charge in [-0.25, -0.2) is 0 Å². The number of ether oxygens (including phenoxy) is 2. The van der Waals surface area contributed by atoms with Crippen molar-refractivity contribution in [2.24, 2.45) is 0 Å². The zero-order valence-electron chi connectivity index (χ0n) is 10.3. The third kappa shape index (κ3) is 6.16. The Labute approximate surface area is 109 Å². The molecule has 1 heterocycles. The molecule has 0 bridgehead atoms. The van der Waals surface area contributed by atoms with Crippen molar-refractivity contribution in [2.75, 3.05) is 19.8 Å². The molecule has 0 saturated carbocycles. The number of hydrogen-bond donors (Lipinski definition) is 3. The summed E-state index contributed by atoms with van der Waals surface area (Å²) >= 11 is 0. The molecule has 0 spiro atoms. The third-order valence-corrected chi connectivity index (χ3v) is 2.60. The van der Waals surface area contributed by atoms with Crippen molar-refractivity contribution >= 4 is 17.9 Å². The van der Waals surface area contributed by atoms with E-state index in [0.717, 1.165) is 0 Å². The number of rotatable bonds is 8. The van der Waals surface area contributed by atoms with E-state index in [-0.39, 0.29) is 32.2 Å². The molecule has 19 heavy (non-hydrogen) atoms. The molecule has 8 heteroatoms. The van der Waals surface area contributed by atoms with E-state index >= 15 is 0 Å². The van der Waals surface area contributed by atoms with Crippen molar-refractivity contribution in [1.82, 2.24) is 5.32 Å². The van der Waals surface area contributed by atoms with E-state index in [2.05, 4.69) is 5.32 Å². The number of aliphatic carboxylic acids is 2. The van der Waals surface area contributed by atoms with Crippen LogP contribution in [-0.2, 0) is 23.9 Å². The van der Waals surface area contributed by atoms with Crippen LogP contribution in [0.15, 0.2) is 0 Å². The number of esters is 1. The molecular formula is C11H17NO7. The molecule has 8 nitrogen and oxygen atoms in total. The van der Waals surface area contributed by atoms with E-state index in [1.807, 2.05) is 0 Å². The maximum absolute atomic E-state index is 11.5. The number of hydrogen-bond acceptors (Lipinski definition) is 6. The Morgan fingerprint density at radius 3 is 2.37 bits per heavy atom. The molecule has 1 unspecified atom stereocenters. The molecule has 1 saturated heterocycles. The van der Waals surface area contributed by atoms with Crippen molar-refractivity contribution in [3.05, 3.63) is 0 Å². The molecule has 1 aliphatic heterocycles. The van der Waals surface area contributed by atoms with Crippen molar-refractivity contribution in [1.29, 1.82) is 0 Å². The topological polar surface area (TPSA) is 122 Å². The first-order chi connectivity index (χ1) is 8.99. The molecule has 1 aliphatic rings. The summed E-state index contributed by atoms with van der Waals surface area (Å²) in [5, 5.41) is 19.7. The first-order valence-corrected chi connectivity index (χ1v) is 5.94. The van der Waals surface area contributed by atoms with E-state index in [4.69, 9.17) is 19.7 Å². The minimum Gasteiger partial charge on any atom is -0.481 e. The largest absolute Gasteiger partial charge is 0.481 e. The first-order valence-electron chi connectivity index (χ1n) is 5.94. The van der Waals surface area contributed by atoms with Crippen molar-refractivity contribution in [3.63, 3.8) is 0 Å². The predicted molar refractivity (Wildman–Crippen MR) is 61.6 cm³/mol. The van der Waals surface area contributed by atoms with Gasteiger partial charge in [0.2, 0.25) is 0 Å². The van der Waals surface area contributed by atoms with Gasteiger partial charge in [-0.15, -0.1) is 0 Å². The van der Waals surface area contributed by atoms with Crippen LogP contribution >= 0.6 is 0 Å². The highest BCUT2D eigenvalue weighted by Gasteiger charge is 2.31. The summed E-state index contributed by atoms with van der Waals surface area (Å²) in [6.07, 6.45) is -0.136. The molecular weight excluding hydrogens is 258 g/mol. The highest BCUT2D eigenvalue weighted by Crippen LogP contribution is 2.12. The maximum Gasteiger partial charge on any atom is 0.323 e. The van der Waals surface area contributed by atoms with Crippen LogP contribution in [-0.4, -0.2) is 60.0 Å². The highest BCUT2D eigenvalue weighted by molar-refractivity contribution is 5.76. The zero-order valence-corrected chi connectivity index (χ0v) is 10.3. The minimum atomic E-state index is -1.03. The lowest BCUT2D eigenvalue weighted by Gasteiger charge is -2.10. The standard InChI is InChI=1S/C11H17NO7/c13-9(14)1-3-18-7-5-8(12-6-7)11(17)19-4-2-10(15)16/h7-8,12H,1-6H2,(H,13,14)(H,15,16)/t7?,8-/m0/s1. The summed E-state index contributed by atoms with van der Waals surface area (Å²) < 4.78 is 10.1. The van der Waals surface area contributed by atoms with Gasteiger partial charge in [0.15, 0.2) is 0 Å². The first kappa shape index (κ1) is 15.4. The van der Waals surface area contributed by atoms with E-state index < -0.39 is 23.9 Å². The van der Waals surface area contributed by atoms with Crippen LogP contribution in [0, 0.1) is 0 Å². The fourth-order valence-corrected chi connectivity index (χ4v) is 1.66. The molecule has 1 rings (SSSR count). The molecule has 108 valence electrons. The molecule has 0 aliphatic carbocycles. The third-order valence-electron chi connectivity index (χ3n) is 2.60. The summed E-state index contributed by atoms with van der Waals surface area (Å²) in [6, 6.07) is -0.524. The number of nitrogens with one attached hydrogen (secondary N) is 1. The summed E-state index contributed by atoms with van der Waals surface area (Å²) in [7, 11) is 0. The van der Waals surface area contributed by atoms with Gasteiger partial charge in [0.05, 0.1) is 25.6 Å². The van der Waals surface area contributed by atoms with Crippen LogP contribution in [0.25, 0.3) is 0 Å². The summed E-state index contributed by atoms with van der Waals surface area (Å²) in [6.45, 7) is 0.387. The highest BCUT2D eigenvalue weighted by atomic mass is 16.5. The number of carboxylic acid groups (broad SMARTS) is 2. The Bertz CT molecular complexity index is 344. The van der Waals surface area contributed by atoms with Gasteiger partial charge in [-0.1, -0.05) is 0 Å². The monoisotopic (exact) mass is 275 g/mol. The summed E-state index contributed by atoms with van der Waals surface area (Å²) in [5.41, 5.74) is 0. The molecule has 2 atom stereocenters. The molecule has 0 aromatic carbocycles. The SMILES string of the molecule is O=C(O)CCOC(=O)[C@@H]1CC(OCCC(=O)O)CN1. The van der Waals surface area contributed by atoms with Gasteiger partial charge >= 0.3 is 17.9 Å². The van der Waals surface area contributed by atoms with Crippen LogP contribution < -0.4 is 5.32 Å². The number of carboxylic acids is 2. The zero-order chi connectivity index (χ0) is 14.3. The smallest absolute Gasteiger partial charge is 0.323 e. The second kappa shape index (κ2) is 7.70. The lowest BCUT2D eigenvalue weighted by atomic mass is 10.2. The van der Waals surface area contributed by atoms with Crippen LogP contribution in [0.3, 0.4) is 0 Å². The molecule has 0 aromatic rings. The number of carbonyl (C=O) groups excluding carboxylic acids is 1. The van der Waals surface area contributed by atoms with Gasteiger partial charge in [0.25, 0.3) is 0 Å². The van der Waals surface area contributed by atoms with Crippen LogP contribution in [0.4, 0.5) is 0 Å². The van der Waals surface area contributed by atoms with Gasteiger partial charge in [-0.2, -0.15) is 0 Å². The fraction of sp³-hybridized carbons (Fsp3) is 0.727. The minimum absolute atomic E-state index is 0.0791. The van der Waals surface area contributed by atoms with Gasteiger partial charge in [-0.3, -0.25) is 14.4 Å². The van der Waals surface area contributed by atoms with Crippen molar-refractivity contribution < 1.29 is 34.1 Å². The molecule has 3 N–H and O–H groups in total. The molecule has 0 amide bonds. The molecule has 0 aromatic heterocycles. The van der Waals surface area contributed by atoms with Gasteiger partial charge in [0, 0.05) is 13.0 Å². The Balaban J connectivity index is 2.17. The van der Waals surface area contributed by atoms with E-state index in [0.29, 0.717) is 13.0 Å². The Hall–Kier alpha value is -1.67. The van der Waals surface area contributed by atoms with E-state index in [1.165, 1.54) is 0 Å². The quantitative estimate of drug-likeness (QED) is 0.493. The predicted octanol–water partition coefficient (Wildman–Crippen LogP) is -0.774. The van der Waals surface area contributed by atoms with Gasteiger partial charge < -0.3 is 25.0 Å². The number of carbonyl (C=O) groups is 3. The lowest BCUT2D eigenvalue weighted by molar-refractivity contribution is -0.148. The van der Waals surface area contributed by atoms with Crippen molar-refractivity contribution in [2.45, 2.75) is 31.4 Å². The van der Waals surface area contributed by atoms with Gasteiger partial charge in [-0.05, 0) is 0 Å². The maximum atomic E-state index is 11.5. The average Bonchev–Trinajstić information content (AvgIpc) is 2.76. The summed E-state index contributed by atoms with van der Waals surface area (Å²) in [5.74, 6) is -2.47. The fourth-order valence-electron chi connectivity index (χ4n) is 1.66.